The minimum absolute atomic E-state index is 0.0144. The molecule has 1 N–H and O–H groups in total. The van der Waals surface area contributed by atoms with Gasteiger partial charge in [-0.25, -0.2) is 0 Å². The molecule has 2 aromatic heterocycles. The van der Waals surface area contributed by atoms with Crippen LogP contribution in [0.4, 0.5) is 0 Å². The van der Waals surface area contributed by atoms with E-state index in [0.717, 1.165) is 10.3 Å². The van der Waals surface area contributed by atoms with Gasteiger partial charge < -0.3 is 5.11 Å². The van der Waals surface area contributed by atoms with Gasteiger partial charge in [0, 0.05) is 5.39 Å². The van der Waals surface area contributed by atoms with Crippen molar-refractivity contribution in [1.82, 2.24) is 15.2 Å². The van der Waals surface area contributed by atoms with E-state index in [4.69, 9.17) is 0 Å². The number of nitrogens with zero attached hydrogens (tertiary/aromatic N) is 3. The molecule has 0 amide bonds. The predicted octanol–water partition coefficient (Wildman–Crippen LogP) is 1.45. The van der Waals surface area contributed by atoms with Gasteiger partial charge in [-0.15, -0.1) is 16.9 Å². The Bertz CT molecular complexity index is 446. The van der Waals surface area contributed by atoms with Crippen LogP contribution in [0.25, 0.3) is 11.0 Å². The summed E-state index contributed by atoms with van der Waals surface area (Å²) in [4.78, 5) is 4.66. The molecule has 5 heteroatoms. The summed E-state index contributed by atoms with van der Waals surface area (Å²) in [6, 6.07) is 3.66. The van der Waals surface area contributed by atoms with Crippen molar-refractivity contribution >= 4 is 22.8 Å². The third-order valence-electron chi connectivity index (χ3n) is 1.67. The summed E-state index contributed by atoms with van der Waals surface area (Å²) in [5.74, 6) is 0.0144. The summed E-state index contributed by atoms with van der Waals surface area (Å²) in [5.41, 5.74) is 0.470. The van der Waals surface area contributed by atoms with E-state index in [1.54, 1.807) is 6.20 Å². The van der Waals surface area contributed by atoms with Crippen molar-refractivity contribution in [3.8, 4) is 5.88 Å². The number of fused-ring (bicyclic) bond motifs is 1. The first-order valence-electron chi connectivity index (χ1n) is 3.66. The van der Waals surface area contributed by atoms with E-state index < -0.39 is 0 Å². The number of pyridine rings is 1. The number of aromatic nitrogens is 3. The fraction of sp³-hybridized carbons (Fsp3) is 0.125. The van der Waals surface area contributed by atoms with Gasteiger partial charge in [0.15, 0.2) is 5.65 Å². The first-order valence-corrected chi connectivity index (χ1v) is 4.89. The molecular weight excluding hydrogens is 186 g/mol. The molecule has 0 spiro atoms. The average molecular weight is 193 g/mol. The molecule has 0 saturated carbocycles. The SMILES string of the molecule is CSc1cc2ccnnc2nc1O. The zero-order chi connectivity index (χ0) is 9.26. The Morgan fingerprint density at radius 2 is 2.31 bits per heavy atom. The lowest BCUT2D eigenvalue weighted by Crippen LogP contribution is -1.87. The Kier molecular flexibility index (Phi) is 2.02. The Balaban J connectivity index is 2.74. The van der Waals surface area contributed by atoms with Crippen LogP contribution in [0.1, 0.15) is 0 Å². The van der Waals surface area contributed by atoms with Crippen LogP contribution in [0.3, 0.4) is 0 Å². The summed E-state index contributed by atoms with van der Waals surface area (Å²) in [5, 5.41) is 17.8. The highest BCUT2D eigenvalue weighted by molar-refractivity contribution is 7.98. The molecule has 0 aliphatic carbocycles. The van der Waals surface area contributed by atoms with E-state index in [2.05, 4.69) is 15.2 Å². The molecule has 2 rings (SSSR count). The zero-order valence-corrected chi connectivity index (χ0v) is 7.75. The summed E-state index contributed by atoms with van der Waals surface area (Å²) in [6.45, 7) is 0. The van der Waals surface area contributed by atoms with Crippen LogP contribution in [0.15, 0.2) is 23.2 Å². The lowest BCUT2D eigenvalue weighted by molar-refractivity contribution is 0.442. The van der Waals surface area contributed by atoms with E-state index in [0.29, 0.717) is 5.65 Å². The molecule has 0 bridgehead atoms. The third-order valence-corrected chi connectivity index (χ3v) is 2.41. The van der Waals surface area contributed by atoms with E-state index in [-0.39, 0.29) is 5.88 Å². The number of aromatic hydroxyl groups is 1. The molecule has 0 aliphatic rings. The predicted molar refractivity (Wildman–Crippen MR) is 50.8 cm³/mol. The highest BCUT2D eigenvalue weighted by Gasteiger charge is 2.04. The molecule has 0 unspecified atom stereocenters. The molecule has 2 heterocycles. The van der Waals surface area contributed by atoms with E-state index in [1.165, 1.54) is 11.8 Å². The highest BCUT2D eigenvalue weighted by atomic mass is 32.2. The zero-order valence-electron chi connectivity index (χ0n) is 6.93. The smallest absolute Gasteiger partial charge is 0.227 e. The molecule has 0 atom stereocenters. The maximum Gasteiger partial charge on any atom is 0.227 e. The minimum atomic E-state index is 0.0144. The van der Waals surface area contributed by atoms with Gasteiger partial charge in [-0.3, -0.25) is 0 Å². The number of rotatable bonds is 1. The largest absolute Gasteiger partial charge is 0.492 e. The molecular formula is C8H7N3OS. The summed E-state index contributed by atoms with van der Waals surface area (Å²) in [6.07, 6.45) is 3.49. The molecule has 2 aromatic rings. The highest BCUT2D eigenvalue weighted by Crippen LogP contribution is 2.26. The molecule has 0 fully saturated rings. The van der Waals surface area contributed by atoms with Crippen LogP contribution in [-0.2, 0) is 0 Å². The lowest BCUT2D eigenvalue weighted by atomic mass is 10.3. The quantitative estimate of drug-likeness (QED) is 0.695. The Morgan fingerprint density at radius 1 is 1.46 bits per heavy atom. The van der Waals surface area contributed by atoms with Gasteiger partial charge in [0.2, 0.25) is 5.88 Å². The first kappa shape index (κ1) is 8.25. The van der Waals surface area contributed by atoms with Gasteiger partial charge in [-0.2, -0.15) is 10.1 Å². The monoisotopic (exact) mass is 193 g/mol. The maximum absolute atomic E-state index is 9.41. The van der Waals surface area contributed by atoms with Gasteiger partial charge in [0.25, 0.3) is 0 Å². The lowest BCUT2D eigenvalue weighted by Gasteiger charge is -2.00. The Labute approximate surface area is 79.0 Å². The summed E-state index contributed by atoms with van der Waals surface area (Å²) < 4.78 is 0. The molecule has 0 aliphatic heterocycles. The third kappa shape index (κ3) is 1.42. The van der Waals surface area contributed by atoms with Gasteiger partial charge in [0.1, 0.15) is 0 Å². The maximum atomic E-state index is 9.41. The molecule has 0 radical (unpaired) electrons. The van der Waals surface area contributed by atoms with Crippen molar-refractivity contribution in [3.63, 3.8) is 0 Å². The number of thioether (sulfide) groups is 1. The summed E-state index contributed by atoms with van der Waals surface area (Å²) in [7, 11) is 0. The molecule has 0 saturated heterocycles. The van der Waals surface area contributed by atoms with Crippen molar-refractivity contribution in [2.45, 2.75) is 4.90 Å². The van der Waals surface area contributed by atoms with Crippen LogP contribution in [0.5, 0.6) is 5.88 Å². The van der Waals surface area contributed by atoms with Crippen molar-refractivity contribution in [2.24, 2.45) is 0 Å². The van der Waals surface area contributed by atoms with Gasteiger partial charge in [0.05, 0.1) is 11.1 Å². The second-order valence-electron chi connectivity index (χ2n) is 2.46. The fourth-order valence-electron chi connectivity index (χ4n) is 1.04. The Hall–Kier alpha value is -1.36. The second-order valence-corrected chi connectivity index (χ2v) is 3.31. The van der Waals surface area contributed by atoms with Crippen molar-refractivity contribution in [3.05, 3.63) is 18.3 Å². The van der Waals surface area contributed by atoms with Crippen LogP contribution >= 0.6 is 11.8 Å². The van der Waals surface area contributed by atoms with Gasteiger partial charge >= 0.3 is 0 Å². The molecule has 0 aromatic carbocycles. The van der Waals surface area contributed by atoms with Crippen LogP contribution in [-0.4, -0.2) is 26.5 Å². The fourth-order valence-corrected chi connectivity index (χ4v) is 1.52. The van der Waals surface area contributed by atoms with Crippen LogP contribution in [0.2, 0.25) is 0 Å². The molecule has 13 heavy (non-hydrogen) atoms. The van der Waals surface area contributed by atoms with E-state index in [9.17, 15) is 5.11 Å². The van der Waals surface area contributed by atoms with Crippen molar-refractivity contribution in [2.75, 3.05) is 6.26 Å². The van der Waals surface area contributed by atoms with Crippen molar-refractivity contribution in [1.29, 1.82) is 0 Å². The van der Waals surface area contributed by atoms with Crippen LogP contribution in [0, 0.1) is 0 Å². The number of hydrogen-bond donors (Lipinski definition) is 1. The molecule has 4 nitrogen and oxygen atoms in total. The topological polar surface area (TPSA) is 58.9 Å². The Morgan fingerprint density at radius 3 is 3.08 bits per heavy atom. The minimum Gasteiger partial charge on any atom is -0.492 e. The second kappa shape index (κ2) is 3.18. The summed E-state index contributed by atoms with van der Waals surface area (Å²) >= 11 is 1.45. The standard InChI is InChI=1S/C8H7N3OS/c1-13-6-4-5-2-3-9-11-7(5)10-8(6)12/h2-4H,1H3,(H,10,11,12). The van der Waals surface area contributed by atoms with E-state index in [1.807, 2.05) is 18.4 Å². The number of hydrogen-bond acceptors (Lipinski definition) is 5. The average Bonchev–Trinajstić information content (AvgIpc) is 2.17. The normalized spacial score (nSPS) is 10.5. The van der Waals surface area contributed by atoms with E-state index >= 15 is 0 Å². The first-order chi connectivity index (χ1) is 6.31. The van der Waals surface area contributed by atoms with Gasteiger partial charge in [-0.05, 0) is 18.4 Å². The van der Waals surface area contributed by atoms with Crippen LogP contribution < -0.4 is 0 Å². The molecule has 66 valence electrons. The van der Waals surface area contributed by atoms with Gasteiger partial charge in [-0.1, -0.05) is 0 Å². The van der Waals surface area contributed by atoms with Crippen molar-refractivity contribution < 1.29 is 5.11 Å².